The number of piperidine rings is 1. The van der Waals surface area contributed by atoms with Crippen LogP contribution in [-0.4, -0.2) is 53.4 Å². The number of anilines is 1. The second kappa shape index (κ2) is 9.70. The Balaban J connectivity index is 1.38. The average Bonchev–Trinajstić information content (AvgIpc) is 3.06. The zero-order valence-electron chi connectivity index (χ0n) is 21.6. The first-order valence-electron chi connectivity index (χ1n) is 12.7. The number of hydrogen-bond donors (Lipinski definition) is 1. The lowest BCUT2D eigenvalue weighted by Crippen LogP contribution is -2.50. The van der Waals surface area contributed by atoms with Gasteiger partial charge in [-0.15, -0.1) is 0 Å². The predicted molar refractivity (Wildman–Crippen MR) is 134 cm³/mol. The summed E-state index contributed by atoms with van der Waals surface area (Å²) < 4.78 is 27.6. The van der Waals surface area contributed by atoms with E-state index in [9.17, 15) is 14.0 Å². The van der Waals surface area contributed by atoms with Crippen LogP contribution in [0.15, 0.2) is 18.3 Å². The molecule has 0 radical (unpaired) electrons. The minimum absolute atomic E-state index is 0.195. The molecule has 2 heterocycles. The first kappa shape index (κ1) is 25.3. The zero-order valence-corrected chi connectivity index (χ0v) is 21.6. The molecule has 1 spiro atoms. The summed E-state index contributed by atoms with van der Waals surface area (Å²) in [4.78, 5) is 25.8. The number of aromatic nitrogens is 1. The molecule has 1 saturated heterocycles. The molecule has 0 bridgehead atoms. The van der Waals surface area contributed by atoms with Crippen molar-refractivity contribution in [2.45, 2.75) is 78.4 Å². The molecule has 1 aliphatic carbocycles. The van der Waals surface area contributed by atoms with Gasteiger partial charge >= 0.3 is 12.1 Å². The summed E-state index contributed by atoms with van der Waals surface area (Å²) in [5, 5.41) is 4.05. The van der Waals surface area contributed by atoms with Crippen molar-refractivity contribution < 1.29 is 23.5 Å². The van der Waals surface area contributed by atoms with Gasteiger partial charge in [-0.25, -0.2) is 9.18 Å². The van der Waals surface area contributed by atoms with E-state index < -0.39 is 5.60 Å². The zero-order chi connectivity index (χ0) is 25.4. The Morgan fingerprint density at radius 3 is 2.51 bits per heavy atom. The van der Waals surface area contributed by atoms with Gasteiger partial charge in [-0.1, -0.05) is 0 Å². The molecule has 1 aliphatic heterocycles. The Bertz CT molecular complexity index is 1090. The molecule has 1 saturated carbocycles. The van der Waals surface area contributed by atoms with Crippen LogP contribution >= 0.6 is 0 Å². The monoisotopic (exact) mass is 487 g/mol. The van der Waals surface area contributed by atoms with Crippen molar-refractivity contribution >= 4 is 28.7 Å². The standard InChI is InChI=1S/C27H38FN3O4/c1-6-34-24(32)7-10-29-22-13-20-18(2)17-31(23(20)14-21(22)28)19-15-27(16-19)8-11-30(12-9-27)25(33)35-26(3,4)5/h13-14,17,19,29H,6-12,15-16H2,1-5H3. The van der Waals surface area contributed by atoms with Gasteiger partial charge < -0.3 is 24.3 Å². The predicted octanol–water partition coefficient (Wildman–Crippen LogP) is 5.81. The second-order valence-corrected chi connectivity index (χ2v) is 11.1. The third-order valence-electron chi connectivity index (χ3n) is 7.28. The van der Waals surface area contributed by atoms with Crippen molar-refractivity contribution in [3.8, 4) is 0 Å². The van der Waals surface area contributed by atoms with E-state index in [2.05, 4.69) is 16.1 Å². The molecule has 4 rings (SSSR count). The van der Waals surface area contributed by atoms with Gasteiger partial charge in [-0.2, -0.15) is 0 Å². The lowest BCUT2D eigenvalue weighted by molar-refractivity contribution is -0.142. The van der Waals surface area contributed by atoms with Gasteiger partial charge in [0.25, 0.3) is 0 Å². The fourth-order valence-electron chi connectivity index (χ4n) is 5.44. The van der Waals surface area contributed by atoms with Gasteiger partial charge in [0.05, 0.1) is 24.2 Å². The summed E-state index contributed by atoms with van der Waals surface area (Å²) >= 11 is 0. The summed E-state index contributed by atoms with van der Waals surface area (Å²) in [5.74, 6) is -0.611. The van der Waals surface area contributed by atoms with Crippen LogP contribution in [0.2, 0.25) is 0 Å². The smallest absolute Gasteiger partial charge is 0.410 e. The van der Waals surface area contributed by atoms with Crippen LogP contribution in [0.4, 0.5) is 14.9 Å². The molecule has 2 fully saturated rings. The molecule has 35 heavy (non-hydrogen) atoms. The topological polar surface area (TPSA) is 72.8 Å². The van der Waals surface area contributed by atoms with Crippen molar-refractivity contribution in [2.24, 2.45) is 5.41 Å². The quantitative estimate of drug-likeness (QED) is 0.521. The molecule has 1 amide bonds. The van der Waals surface area contributed by atoms with Gasteiger partial charge in [0, 0.05) is 43.3 Å². The van der Waals surface area contributed by atoms with Crippen molar-refractivity contribution in [2.75, 3.05) is 31.6 Å². The third kappa shape index (κ3) is 5.57. The molecule has 0 atom stereocenters. The summed E-state index contributed by atoms with van der Waals surface area (Å²) in [5.41, 5.74) is 2.19. The fourth-order valence-corrected chi connectivity index (χ4v) is 5.44. The van der Waals surface area contributed by atoms with Gasteiger partial charge in [-0.3, -0.25) is 4.79 Å². The Morgan fingerprint density at radius 2 is 1.89 bits per heavy atom. The summed E-state index contributed by atoms with van der Waals surface area (Å²) in [6.07, 6.45) is 6.13. The Hall–Kier alpha value is -2.77. The SMILES string of the molecule is CCOC(=O)CCNc1cc2c(C)cn(C3CC4(CCN(C(=O)OC(C)(C)C)CC4)C3)c2cc1F. The molecular formula is C27H38FN3O4. The minimum Gasteiger partial charge on any atom is -0.466 e. The highest BCUT2D eigenvalue weighted by Crippen LogP contribution is 2.55. The van der Waals surface area contributed by atoms with E-state index in [4.69, 9.17) is 9.47 Å². The molecule has 2 aliphatic rings. The van der Waals surface area contributed by atoms with Crippen molar-refractivity contribution in [1.82, 2.24) is 9.47 Å². The number of benzene rings is 1. The van der Waals surface area contributed by atoms with E-state index in [1.165, 1.54) is 0 Å². The maximum atomic E-state index is 14.9. The molecular weight excluding hydrogens is 449 g/mol. The Morgan fingerprint density at radius 1 is 1.20 bits per heavy atom. The average molecular weight is 488 g/mol. The molecule has 8 heteroatoms. The van der Waals surface area contributed by atoms with Crippen LogP contribution < -0.4 is 5.32 Å². The molecule has 192 valence electrons. The fraction of sp³-hybridized carbons (Fsp3) is 0.630. The lowest BCUT2D eigenvalue weighted by atomic mass is 9.60. The molecule has 1 N–H and O–H groups in total. The number of ether oxygens (including phenoxy) is 2. The van der Waals surface area contributed by atoms with Crippen LogP contribution in [0.3, 0.4) is 0 Å². The van der Waals surface area contributed by atoms with Crippen LogP contribution in [0.25, 0.3) is 10.9 Å². The number of halogens is 1. The minimum atomic E-state index is -0.479. The highest BCUT2D eigenvalue weighted by Gasteiger charge is 2.47. The summed E-state index contributed by atoms with van der Waals surface area (Å²) in [6, 6.07) is 3.78. The normalized spacial score (nSPS) is 17.9. The van der Waals surface area contributed by atoms with Gasteiger partial charge in [0.15, 0.2) is 0 Å². The molecule has 1 aromatic heterocycles. The van der Waals surface area contributed by atoms with Crippen molar-refractivity contribution in [3.63, 3.8) is 0 Å². The number of rotatable bonds is 6. The largest absolute Gasteiger partial charge is 0.466 e. The summed E-state index contributed by atoms with van der Waals surface area (Å²) in [7, 11) is 0. The van der Waals surface area contributed by atoms with Gasteiger partial charge in [0.1, 0.15) is 11.4 Å². The Kier molecular flexibility index (Phi) is 7.02. The van der Waals surface area contributed by atoms with E-state index >= 15 is 0 Å². The maximum Gasteiger partial charge on any atom is 0.410 e. The van der Waals surface area contributed by atoms with Crippen LogP contribution in [0.5, 0.6) is 0 Å². The van der Waals surface area contributed by atoms with E-state index in [0.29, 0.717) is 24.9 Å². The maximum absolute atomic E-state index is 14.9. The third-order valence-corrected chi connectivity index (χ3v) is 7.28. The number of fused-ring (bicyclic) bond motifs is 1. The van der Waals surface area contributed by atoms with Crippen molar-refractivity contribution in [3.05, 3.63) is 29.7 Å². The number of amides is 1. The summed E-state index contributed by atoms with van der Waals surface area (Å²) in [6.45, 7) is 11.6. The van der Waals surface area contributed by atoms with E-state index in [1.807, 2.05) is 38.7 Å². The van der Waals surface area contributed by atoms with Crippen molar-refractivity contribution in [1.29, 1.82) is 0 Å². The second-order valence-electron chi connectivity index (χ2n) is 11.1. The molecule has 2 aromatic rings. The number of hydrogen-bond acceptors (Lipinski definition) is 5. The van der Waals surface area contributed by atoms with Crippen LogP contribution in [-0.2, 0) is 14.3 Å². The first-order valence-corrected chi connectivity index (χ1v) is 12.7. The molecule has 0 unspecified atom stereocenters. The number of carbonyl (C=O) groups excluding carboxylic acids is 2. The van der Waals surface area contributed by atoms with E-state index in [1.54, 1.807) is 13.0 Å². The highest BCUT2D eigenvalue weighted by molar-refractivity contribution is 5.87. The van der Waals surface area contributed by atoms with E-state index in [0.717, 1.165) is 55.2 Å². The van der Waals surface area contributed by atoms with E-state index in [-0.39, 0.29) is 29.7 Å². The van der Waals surface area contributed by atoms with Crippen LogP contribution in [0, 0.1) is 18.2 Å². The number of carbonyl (C=O) groups is 2. The number of likely N-dealkylation sites (tertiary alicyclic amines) is 1. The van der Waals surface area contributed by atoms with Crippen LogP contribution in [0.1, 0.15) is 71.4 Å². The molecule has 7 nitrogen and oxygen atoms in total. The number of nitrogens with zero attached hydrogens (tertiary/aromatic N) is 2. The Labute approximate surface area is 206 Å². The van der Waals surface area contributed by atoms with Gasteiger partial charge in [0.2, 0.25) is 0 Å². The first-order chi connectivity index (χ1) is 16.5. The number of esters is 1. The van der Waals surface area contributed by atoms with Gasteiger partial charge in [-0.05, 0) is 77.3 Å². The molecule has 1 aromatic carbocycles. The highest BCUT2D eigenvalue weighted by atomic mass is 19.1. The number of aryl methyl sites for hydroxylation is 1. The lowest BCUT2D eigenvalue weighted by Gasteiger charge is -2.52. The number of nitrogens with one attached hydrogen (secondary N) is 1.